The lowest BCUT2D eigenvalue weighted by Gasteiger charge is -2.22. The number of benzene rings is 1. The number of rotatable bonds is 2. The van der Waals surface area contributed by atoms with E-state index >= 15 is 0 Å². The van der Waals surface area contributed by atoms with Crippen molar-refractivity contribution in [2.45, 2.75) is 19.3 Å². The zero-order valence-electron chi connectivity index (χ0n) is 9.20. The number of halogens is 4. The van der Waals surface area contributed by atoms with E-state index in [4.69, 9.17) is 0 Å². The van der Waals surface area contributed by atoms with Gasteiger partial charge in [0.2, 0.25) is 0 Å². The first kappa shape index (κ1) is 12.9. The van der Waals surface area contributed by atoms with Gasteiger partial charge in [0, 0.05) is 0 Å². The standard InChI is InChI=1S/C12H13BrF3N/c13-10-9(14)6-8(11(15)12(10)16)5-7-1-3-17-4-2-7/h6-7,17H,1-5H2. The van der Waals surface area contributed by atoms with E-state index in [-0.39, 0.29) is 5.56 Å². The van der Waals surface area contributed by atoms with Gasteiger partial charge >= 0.3 is 0 Å². The van der Waals surface area contributed by atoms with Gasteiger partial charge in [0.15, 0.2) is 11.6 Å². The maximum atomic E-state index is 13.6. The average molecular weight is 308 g/mol. The first-order valence-corrected chi connectivity index (χ1v) is 6.41. The molecule has 0 radical (unpaired) electrons. The Balaban J connectivity index is 2.20. The molecule has 0 aromatic heterocycles. The molecule has 1 aromatic carbocycles. The van der Waals surface area contributed by atoms with Gasteiger partial charge < -0.3 is 5.32 Å². The van der Waals surface area contributed by atoms with Crippen LogP contribution in [0.4, 0.5) is 13.2 Å². The molecule has 17 heavy (non-hydrogen) atoms. The third kappa shape index (κ3) is 2.83. The molecule has 1 nitrogen and oxygen atoms in total. The van der Waals surface area contributed by atoms with E-state index in [1.54, 1.807) is 0 Å². The van der Waals surface area contributed by atoms with E-state index in [1.807, 2.05) is 0 Å². The minimum atomic E-state index is -1.13. The van der Waals surface area contributed by atoms with Crippen LogP contribution < -0.4 is 5.32 Å². The molecule has 1 aromatic rings. The fraction of sp³-hybridized carbons (Fsp3) is 0.500. The van der Waals surface area contributed by atoms with Crippen LogP contribution in [0.1, 0.15) is 18.4 Å². The Hall–Kier alpha value is -0.550. The summed E-state index contributed by atoms with van der Waals surface area (Å²) in [5.74, 6) is -2.51. The molecule has 0 saturated carbocycles. The normalized spacial score (nSPS) is 17.4. The number of nitrogens with one attached hydrogen (secondary N) is 1. The van der Waals surface area contributed by atoms with Crippen LogP contribution in [0.5, 0.6) is 0 Å². The Morgan fingerprint density at radius 3 is 2.47 bits per heavy atom. The van der Waals surface area contributed by atoms with Gasteiger partial charge in [-0.15, -0.1) is 0 Å². The Labute approximate surface area is 107 Å². The Kier molecular flexibility index (Phi) is 4.09. The van der Waals surface area contributed by atoms with Crippen LogP contribution in [0.15, 0.2) is 10.5 Å². The van der Waals surface area contributed by atoms with Crippen LogP contribution >= 0.6 is 15.9 Å². The maximum Gasteiger partial charge on any atom is 0.176 e. The number of piperidine rings is 1. The van der Waals surface area contributed by atoms with Crippen molar-refractivity contribution in [2.24, 2.45) is 5.92 Å². The summed E-state index contributed by atoms with van der Waals surface area (Å²) in [4.78, 5) is 0. The highest BCUT2D eigenvalue weighted by molar-refractivity contribution is 9.10. The van der Waals surface area contributed by atoms with Crippen molar-refractivity contribution in [2.75, 3.05) is 13.1 Å². The molecule has 1 fully saturated rings. The lowest BCUT2D eigenvalue weighted by atomic mass is 9.91. The molecule has 0 unspecified atom stereocenters. The molecular formula is C12H13BrF3N. The minimum Gasteiger partial charge on any atom is -0.317 e. The first-order valence-electron chi connectivity index (χ1n) is 5.62. The zero-order chi connectivity index (χ0) is 12.4. The van der Waals surface area contributed by atoms with Crippen LogP contribution in [0, 0.1) is 23.4 Å². The zero-order valence-corrected chi connectivity index (χ0v) is 10.8. The van der Waals surface area contributed by atoms with Crippen LogP contribution in [0.2, 0.25) is 0 Å². The van der Waals surface area contributed by atoms with E-state index in [9.17, 15) is 13.2 Å². The van der Waals surface area contributed by atoms with Gasteiger partial charge in [0.25, 0.3) is 0 Å². The lowest BCUT2D eigenvalue weighted by Crippen LogP contribution is -2.28. The summed E-state index contributed by atoms with van der Waals surface area (Å²) in [5, 5.41) is 3.20. The minimum absolute atomic E-state index is 0.134. The largest absolute Gasteiger partial charge is 0.317 e. The topological polar surface area (TPSA) is 12.0 Å². The fourth-order valence-corrected chi connectivity index (χ4v) is 2.46. The second-order valence-corrected chi connectivity index (χ2v) is 5.15. The van der Waals surface area contributed by atoms with Crippen molar-refractivity contribution in [1.29, 1.82) is 0 Å². The van der Waals surface area contributed by atoms with Gasteiger partial charge in [-0.05, 0) is 65.8 Å². The fourth-order valence-electron chi connectivity index (χ4n) is 2.17. The van der Waals surface area contributed by atoms with Crippen LogP contribution in [0.25, 0.3) is 0 Å². The SMILES string of the molecule is Fc1cc(CC2CCNCC2)c(F)c(F)c1Br. The first-order chi connectivity index (χ1) is 8.09. The van der Waals surface area contributed by atoms with Gasteiger partial charge in [-0.25, -0.2) is 13.2 Å². The van der Waals surface area contributed by atoms with Gasteiger partial charge in [-0.2, -0.15) is 0 Å². The third-order valence-corrected chi connectivity index (χ3v) is 3.87. The quantitative estimate of drug-likeness (QED) is 0.652. The monoisotopic (exact) mass is 307 g/mol. The van der Waals surface area contributed by atoms with E-state index < -0.39 is 21.9 Å². The molecule has 0 atom stereocenters. The molecular weight excluding hydrogens is 295 g/mol. The average Bonchev–Trinajstić information content (AvgIpc) is 2.35. The lowest BCUT2D eigenvalue weighted by molar-refractivity contribution is 0.364. The highest BCUT2D eigenvalue weighted by atomic mass is 79.9. The van der Waals surface area contributed by atoms with Crippen LogP contribution in [-0.4, -0.2) is 13.1 Å². The predicted molar refractivity (Wildman–Crippen MR) is 63.3 cm³/mol. The second-order valence-electron chi connectivity index (χ2n) is 4.36. The van der Waals surface area contributed by atoms with Crippen molar-refractivity contribution in [1.82, 2.24) is 5.32 Å². The van der Waals surface area contributed by atoms with E-state index in [0.717, 1.165) is 32.0 Å². The molecule has 1 aliphatic rings. The summed E-state index contributed by atoms with van der Waals surface area (Å²) in [5.41, 5.74) is 0.134. The molecule has 0 aliphatic carbocycles. The predicted octanol–water partition coefficient (Wildman–Crippen LogP) is 3.41. The van der Waals surface area contributed by atoms with E-state index in [0.29, 0.717) is 12.3 Å². The summed E-state index contributed by atoms with van der Waals surface area (Å²) in [6.45, 7) is 1.77. The molecule has 1 aliphatic heterocycles. The maximum absolute atomic E-state index is 13.6. The van der Waals surface area contributed by atoms with Gasteiger partial charge in [-0.1, -0.05) is 0 Å². The summed E-state index contributed by atoms with van der Waals surface area (Å²) in [6, 6.07) is 1.09. The smallest absolute Gasteiger partial charge is 0.176 e. The second kappa shape index (κ2) is 5.40. The van der Waals surface area contributed by atoms with E-state index in [2.05, 4.69) is 21.2 Å². The van der Waals surface area contributed by atoms with Crippen molar-refractivity contribution in [3.05, 3.63) is 33.6 Å². The Morgan fingerprint density at radius 2 is 1.82 bits per heavy atom. The van der Waals surface area contributed by atoms with Gasteiger partial charge in [0.1, 0.15) is 5.82 Å². The molecule has 5 heteroatoms. The van der Waals surface area contributed by atoms with E-state index in [1.165, 1.54) is 0 Å². The van der Waals surface area contributed by atoms with Crippen molar-refractivity contribution in [3.63, 3.8) is 0 Å². The third-order valence-electron chi connectivity index (χ3n) is 3.15. The molecule has 1 heterocycles. The molecule has 0 bridgehead atoms. The molecule has 0 spiro atoms. The molecule has 2 rings (SSSR count). The van der Waals surface area contributed by atoms with Gasteiger partial charge in [-0.3, -0.25) is 0 Å². The highest BCUT2D eigenvalue weighted by Gasteiger charge is 2.20. The summed E-state index contributed by atoms with van der Waals surface area (Å²) >= 11 is 2.69. The number of hydrogen-bond donors (Lipinski definition) is 1. The van der Waals surface area contributed by atoms with Gasteiger partial charge in [0.05, 0.1) is 4.47 Å². The summed E-state index contributed by atoms with van der Waals surface area (Å²) < 4.78 is 39.8. The van der Waals surface area contributed by atoms with Crippen LogP contribution in [0.3, 0.4) is 0 Å². The number of hydrogen-bond acceptors (Lipinski definition) is 1. The van der Waals surface area contributed by atoms with Crippen molar-refractivity contribution in [3.8, 4) is 0 Å². The Bertz CT molecular complexity index is 417. The summed E-state index contributed by atoms with van der Waals surface area (Å²) in [7, 11) is 0. The molecule has 1 saturated heterocycles. The molecule has 94 valence electrons. The summed E-state index contributed by atoms with van der Waals surface area (Å²) in [6.07, 6.45) is 2.23. The van der Waals surface area contributed by atoms with Crippen molar-refractivity contribution >= 4 is 15.9 Å². The Morgan fingerprint density at radius 1 is 1.18 bits per heavy atom. The molecule has 1 N–H and O–H groups in total. The van der Waals surface area contributed by atoms with Crippen molar-refractivity contribution < 1.29 is 13.2 Å². The highest BCUT2D eigenvalue weighted by Crippen LogP contribution is 2.27. The van der Waals surface area contributed by atoms with Crippen LogP contribution in [-0.2, 0) is 6.42 Å². The molecule has 0 amide bonds.